The molecule has 6 heteroatoms. The van der Waals surface area contributed by atoms with Gasteiger partial charge in [-0.1, -0.05) is 18.2 Å². The van der Waals surface area contributed by atoms with Gasteiger partial charge in [-0.05, 0) is 77.9 Å². The van der Waals surface area contributed by atoms with E-state index in [1.165, 1.54) is 5.56 Å². The van der Waals surface area contributed by atoms with Crippen molar-refractivity contribution in [2.75, 3.05) is 0 Å². The number of amides is 1. The zero-order chi connectivity index (χ0) is 19.3. The maximum absolute atomic E-state index is 12.1. The first kappa shape index (κ1) is 19.2. The molecule has 0 unspecified atom stereocenters. The minimum Gasteiger partial charge on any atom is -0.444 e. The molecule has 0 saturated carbocycles. The molecular formula is C20H30BNO4. The topological polar surface area (TPSA) is 56.8 Å². The van der Waals surface area contributed by atoms with Crippen LogP contribution in [0.15, 0.2) is 18.2 Å². The SMILES string of the molecule is CC(C)(C)OC(=O)N[C@H]1CCc2cc(B3OC(C)(C)C(C)(C)O3)ccc21. The minimum absolute atomic E-state index is 0.00723. The molecule has 1 aliphatic heterocycles. The van der Waals surface area contributed by atoms with Gasteiger partial charge in [0.05, 0.1) is 17.2 Å². The van der Waals surface area contributed by atoms with Crippen molar-refractivity contribution in [2.45, 2.75) is 84.2 Å². The Balaban J connectivity index is 1.72. The Labute approximate surface area is 156 Å². The van der Waals surface area contributed by atoms with Gasteiger partial charge in [-0.3, -0.25) is 0 Å². The van der Waals surface area contributed by atoms with Crippen molar-refractivity contribution in [3.8, 4) is 0 Å². The molecule has 0 radical (unpaired) electrons. The second-order valence-corrected chi connectivity index (χ2v) is 9.28. The van der Waals surface area contributed by atoms with E-state index in [2.05, 4.69) is 45.1 Å². The summed E-state index contributed by atoms with van der Waals surface area (Å²) in [6, 6.07) is 6.25. The second kappa shape index (κ2) is 6.27. The summed E-state index contributed by atoms with van der Waals surface area (Å²) in [5.74, 6) is 0. The highest BCUT2D eigenvalue weighted by atomic mass is 16.7. The molecule has 3 rings (SSSR count). The summed E-state index contributed by atoms with van der Waals surface area (Å²) < 4.78 is 17.7. The van der Waals surface area contributed by atoms with Crippen molar-refractivity contribution in [1.29, 1.82) is 0 Å². The number of carbonyl (C=O) groups excluding carboxylic acids is 1. The van der Waals surface area contributed by atoms with Crippen molar-refractivity contribution in [2.24, 2.45) is 0 Å². The van der Waals surface area contributed by atoms with Crippen LogP contribution in [0.3, 0.4) is 0 Å². The Kier molecular flexibility index (Phi) is 4.64. The van der Waals surface area contributed by atoms with E-state index < -0.39 is 5.60 Å². The molecule has 1 heterocycles. The third-order valence-electron chi connectivity index (χ3n) is 5.46. The van der Waals surface area contributed by atoms with Crippen LogP contribution >= 0.6 is 0 Å². The summed E-state index contributed by atoms with van der Waals surface area (Å²) in [4.78, 5) is 12.1. The number of nitrogens with one attached hydrogen (secondary N) is 1. The van der Waals surface area contributed by atoms with Crippen molar-refractivity contribution in [3.05, 3.63) is 29.3 Å². The largest absolute Gasteiger partial charge is 0.494 e. The van der Waals surface area contributed by atoms with Crippen LogP contribution < -0.4 is 10.8 Å². The molecule has 1 aromatic carbocycles. The number of alkyl carbamates (subject to hydrolysis) is 1. The number of rotatable bonds is 2. The van der Waals surface area contributed by atoms with E-state index in [0.29, 0.717) is 0 Å². The predicted molar refractivity (Wildman–Crippen MR) is 103 cm³/mol. The molecule has 1 saturated heterocycles. The van der Waals surface area contributed by atoms with E-state index in [0.717, 1.165) is 23.9 Å². The average molecular weight is 359 g/mol. The lowest BCUT2D eigenvalue weighted by atomic mass is 9.78. The van der Waals surface area contributed by atoms with Gasteiger partial charge in [-0.2, -0.15) is 0 Å². The number of aryl methyl sites for hydroxylation is 1. The number of fused-ring (bicyclic) bond motifs is 1. The first-order chi connectivity index (χ1) is 11.9. The molecule has 0 aromatic heterocycles. The number of hydrogen-bond acceptors (Lipinski definition) is 4. The third-order valence-corrected chi connectivity index (χ3v) is 5.46. The van der Waals surface area contributed by atoms with Crippen molar-refractivity contribution in [1.82, 2.24) is 5.32 Å². The molecule has 1 atom stereocenters. The Bertz CT molecular complexity index is 692. The van der Waals surface area contributed by atoms with Crippen LogP contribution in [-0.2, 0) is 20.5 Å². The summed E-state index contributed by atoms with van der Waals surface area (Å²) in [5, 5.41) is 2.98. The summed E-state index contributed by atoms with van der Waals surface area (Å²) in [7, 11) is -0.358. The monoisotopic (exact) mass is 359 g/mol. The van der Waals surface area contributed by atoms with Crippen LogP contribution in [-0.4, -0.2) is 30.0 Å². The lowest BCUT2D eigenvalue weighted by Gasteiger charge is -2.32. The molecule has 0 spiro atoms. The quantitative estimate of drug-likeness (QED) is 0.822. The first-order valence-electron chi connectivity index (χ1n) is 9.36. The van der Waals surface area contributed by atoms with E-state index in [9.17, 15) is 4.79 Å². The van der Waals surface area contributed by atoms with E-state index in [-0.39, 0.29) is 30.5 Å². The third kappa shape index (κ3) is 3.76. The molecule has 2 aliphatic rings. The van der Waals surface area contributed by atoms with Gasteiger partial charge in [0.1, 0.15) is 5.60 Å². The van der Waals surface area contributed by atoms with Crippen LogP contribution in [0.25, 0.3) is 0 Å². The highest BCUT2D eigenvalue weighted by Crippen LogP contribution is 2.37. The van der Waals surface area contributed by atoms with Gasteiger partial charge in [0.2, 0.25) is 0 Å². The molecule has 1 aromatic rings. The smallest absolute Gasteiger partial charge is 0.444 e. The molecule has 1 N–H and O–H groups in total. The number of hydrogen-bond donors (Lipinski definition) is 1. The van der Waals surface area contributed by atoms with Gasteiger partial charge in [-0.25, -0.2) is 4.79 Å². The zero-order valence-electron chi connectivity index (χ0n) is 16.9. The van der Waals surface area contributed by atoms with Crippen molar-refractivity contribution >= 4 is 18.7 Å². The lowest BCUT2D eigenvalue weighted by Crippen LogP contribution is -2.41. The fourth-order valence-electron chi connectivity index (χ4n) is 3.36. The fraction of sp³-hybridized carbons (Fsp3) is 0.650. The van der Waals surface area contributed by atoms with E-state index >= 15 is 0 Å². The molecule has 142 valence electrons. The maximum Gasteiger partial charge on any atom is 0.494 e. The summed E-state index contributed by atoms with van der Waals surface area (Å²) in [5.41, 5.74) is 2.22. The van der Waals surface area contributed by atoms with Crippen LogP contribution in [0.4, 0.5) is 4.79 Å². The van der Waals surface area contributed by atoms with Crippen LogP contribution in [0.1, 0.15) is 72.1 Å². The van der Waals surface area contributed by atoms with Crippen LogP contribution in [0, 0.1) is 0 Å². The molecule has 26 heavy (non-hydrogen) atoms. The lowest BCUT2D eigenvalue weighted by molar-refractivity contribution is 0.00578. The Morgan fingerprint density at radius 2 is 1.81 bits per heavy atom. The minimum atomic E-state index is -0.494. The van der Waals surface area contributed by atoms with Gasteiger partial charge >= 0.3 is 13.2 Å². The normalized spacial score (nSPS) is 23.7. The summed E-state index contributed by atoms with van der Waals surface area (Å²) >= 11 is 0. The highest BCUT2D eigenvalue weighted by molar-refractivity contribution is 6.62. The molecule has 0 bridgehead atoms. The van der Waals surface area contributed by atoms with Gasteiger partial charge < -0.3 is 19.4 Å². The Morgan fingerprint density at radius 1 is 1.19 bits per heavy atom. The van der Waals surface area contributed by atoms with Crippen molar-refractivity contribution < 1.29 is 18.8 Å². The summed E-state index contributed by atoms with van der Waals surface area (Å²) in [6.07, 6.45) is 1.43. The fourth-order valence-corrected chi connectivity index (χ4v) is 3.36. The highest BCUT2D eigenvalue weighted by Gasteiger charge is 2.51. The molecule has 1 amide bonds. The number of ether oxygens (including phenoxy) is 1. The second-order valence-electron chi connectivity index (χ2n) is 9.28. The zero-order valence-corrected chi connectivity index (χ0v) is 16.9. The molecular weight excluding hydrogens is 329 g/mol. The number of benzene rings is 1. The van der Waals surface area contributed by atoms with Crippen LogP contribution in [0.5, 0.6) is 0 Å². The molecule has 1 aliphatic carbocycles. The number of carbonyl (C=O) groups is 1. The maximum atomic E-state index is 12.1. The summed E-state index contributed by atoms with van der Waals surface area (Å²) in [6.45, 7) is 13.8. The molecule has 5 nitrogen and oxygen atoms in total. The van der Waals surface area contributed by atoms with Gasteiger partial charge in [0.15, 0.2) is 0 Å². The Morgan fingerprint density at radius 3 is 2.38 bits per heavy atom. The molecule has 1 fully saturated rings. The van der Waals surface area contributed by atoms with Gasteiger partial charge in [0, 0.05) is 0 Å². The average Bonchev–Trinajstić information content (AvgIpc) is 2.95. The predicted octanol–water partition coefficient (Wildman–Crippen LogP) is 3.50. The van der Waals surface area contributed by atoms with Gasteiger partial charge in [-0.15, -0.1) is 0 Å². The standard InChI is InChI=1S/C20H30BNO4/c1-18(2,3)24-17(23)22-16-11-8-13-12-14(9-10-15(13)16)21-25-19(4,5)20(6,7)26-21/h9-10,12,16H,8,11H2,1-7H3,(H,22,23)/t16-/m0/s1. The van der Waals surface area contributed by atoms with E-state index in [4.69, 9.17) is 14.0 Å². The Hall–Kier alpha value is -1.53. The van der Waals surface area contributed by atoms with E-state index in [1.807, 2.05) is 26.8 Å². The first-order valence-corrected chi connectivity index (χ1v) is 9.36. The van der Waals surface area contributed by atoms with Crippen molar-refractivity contribution in [3.63, 3.8) is 0 Å². The van der Waals surface area contributed by atoms with Crippen LogP contribution in [0.2, 0.25) is 0 Å². The van der Waals surface area contributed by atoms with E-state index in [1.54, 1.807) is 0 Å². The van der Waals surface area contributed by atoms with Gasteiger partial charge in [0.25, 0.3) is 0 Å².